The van der Waals surface area contributed by atoms with Gasteiger partial charge in [-0.05, 0) is 36.2 Å². The molecule has 3 rings (SSSR count). The quantitative estimate of drug-likeness (QED) is 0.939. The van der Waals surface area contributed by atoms with Crippen molar-refractivity contribution in [2.24, 2.45) is 4.99 Å². The van der Waals surface area contributed by atoms with E-state index in [2.05, 4.69) is 35.7 Å². The van der Waals surface area contributed by atoms with Crippen molar-refractivity contribution in [3.63, 3.8) is 0 Å². The number of nitrogens with one attached hydrogen (secondary N) is 1. The minimum absolute atomic E-state index is 0.332. The Labute approximate surface area is 128 Å². The summed E-state index contributed by atoms with van der Waals surface area (Å²) in [5, 5.41) is 13.1. The summed E-state index contributed by atoms with van der Waals surface area (Å²) in [5.41, 5.74) is 2.97. The van der Waals surface area contributed by atoms with E-state index in [9.17, 15) is 0 Å². The maximum absolute atomic E-state index is 8.79. The first-order chi connectivity index (χ1) is 10.3. The SMILES string of the molecule is N#Cc1ccc(NC2=NC(Cc3ccccc3)CS2)cc1. The Morgan fingerprint density at radius 2 is 1.90 bits per heavy atom. The van der Waals surface area contributed by atoms with Crippen molar-refractivity contribution in [1.29, 1.82) is 5.26 Å². The van der Waals surface area contributed by atoms with Crippen molar-refractivity contribution in [1.82, 2.24) is 0 Å². The molecule has 3 nitrogen and oxygen atoms in total. The van der Waals surface area contributed by atoms with Crippen molar-refractivity contribution < 1.29 is 0 Å². The zero-order valence-electron chi connectivity index (χ0n) is 11.5. The summed E-state index contributed by atoms with van der Waals surface area (Å²) in [6, 6.07) is 20.3. The third-order valence-electron chi connectivity index (χ3n) is 3.29. The molecule has 1 heterocycles. The summed E-state index contributed by atoms with van der Waals surface area (Å²) in [7, 11) is 0. The molecule has 2 aromatic carbocycles. The van der Waals surface area contributed by atoms with E-state index in [1.165, 1.54) is 5.56 Å². The van der Waals surface area contributed by atoms with Gasteiger partial charge in [-0.2, -0.15) is 5.26 Å². The van der Waals surface area contributed by atoms with Gasteiger partial charge in [-0.3, -0.25) is 4.99 Å². The number of hydrogen-bond donors (Lipinski definition) is 1. The minimum Gasteiger partial charge on any atom is -0.335 e. The van der Waals surface area contributed by atoms with Crippen molar-refractivity contribution in [2.45, 2.75) is 12.5 Å². The Bertz CT molecular complexity index is 671. The molecule has 0 amide bonds. The topological polar surface area (TPSA) is 48.2 Å². The van der Waals surface area contributed by atoms with Gasteiger partial charge in [0.25, 0.3) is 0 Å². The second kappa shape index (κ2) is 6.47. The lowest BCUT2D eigenvalue weighted by Gasteiger charge is -2.05. The molecule has 0 bridgehead atoms. The van der Waals surface area contributed by atoms with E-state index in [1.54, 1.807) is 11.8 Å². The Kier molecular flexibility index (Phi) is 4.23. The molecule has 21 heavy (non-hydrogen) atoms. The molecular weight excluding hydrogens is 278 g/mol. The molecule has 0 fully saturated rings. The van der Waals surface area contributed by atoms with E-state index in [-0.39, 0.29) is 0 Å². The van der Waals surface area contributed by atoms with Gasteiger partial charge in [-0.25, -0.2) is 0 Å². The van der Waals surface area contributed by atoms with Crippen LogP contribution in [0.2, 0.25) is 0 Å². The number of benzene rings is 2. The van der Waals surface area contributed by atoms with Crippen LogP contribution >= 0.6 is 11.8 Å². The van der Waals surface area contributed by atoms with Gasteiger partial charge >= 0.3 is 0 Å². The molecule has 0 radical (unpaired) electrons. The van der Waals surface area contributed by atoms with Crippen molar-refractivity contribution in [3.05, 3.63) is 65.7 Å². The maximum Gasteiger partial charge on any atom is 0.161 e. The van der Waals surface area contributed by atoms with Crippen molar-refractivity contribution in [3.8, 4) is 6.07 Å². The number of aliphatic imine (C=N–C) groups is 1. The molecule has 1 N–H and O–H groups in total. The Balaban J connectivity index is 1.62. The maximum atomic E-state index is 8.79. The highest BCUT2D eigenvalue weighted by Crippen LogP contribution is 2.22. The van der Waals surface area contributed by atoms with Crippen LogP contribution in [0.3, 0.4) is 0 Å². The zero-order valence-corrected chi connectivity index (χ0v) is 12.3. The summed E-state index contributed by atoms with van der Waals surface area (Å²) in [4.78, 5) is 4.72. The highest BCUT2D eigenvalue weighted by Gasteiger charge is 2.18. The Hall–Kier alpha value is -2.25. The molecule has 1 aliphatic rings. The smallest absolute Gasteiger partial charge is 0.161 e. The first-order valence-corrected chi connectivity index (χ1v) is 7.84. The van der Waals surface area contributed by atoms with Crippen molar-refractivity contribution in [2.75, 3.05) is 11.1 Å². The lowest BCUT2D eigenvalue weighted by Crippen LogP contribution is -2.08. The third-order valence-corrected chi connectivity index (χ3v) is 4.32. The highest BCUT2D eigenvalue weighted by atomic mass is 32.2. The molecular formula is C17H15N3S. The van der Waals surface area contributed by atoms with Crippen LogP contribution in [0, 0.1) is 11.3 Å². The average Bonchev–Trinajstić information content (AvgIpc) is 2.96. The van der Waals surface area contributed by atoms with E-state index in [4.69, 9.17) is 10.3 Å². The molecule has 0 aliphatic carbocycles. The highest BCUT2D eigenvalue weighted by molar-refractivity contribution is 8.14. The van der Waals surface area contributed by atoms with Crippen LogP contribution in [0.1, 0.15) is 11.1 Å². The number of rotatable bonds is 3. The van der Waals surface area contributed by atoms with Crippen LogP contribution in [-0.4, -0.2) is 17.0 Å². The molecule has 1 aliphatic heterocycles. The average molecular weight is 293 g/mol. The van der Waals surface area contributed by atoms with Gasteiger partial charge in [0.1, 0.15) is 0 Å². The normalized spacial score (nSPS) is 17.1. The minimum atomic E-state index is 0.332. The molecule has 0 spiro atoms. The van der Waals surface area contributed by atoms with Crippen LogP contribution in [0.5, 0.6) is 0 Å². The van der Waals surface area contributed by atoms with Gasteiger partial charge in [0.2, 0.25) is 0 Å². The fourth-order valence-electron chi connectivity index (χ4n) is 2.23. The summed E-state index contributed by atoms with van der Waals surface area (Å²) < 4.78 is 0. The monoisotopic (exact) mass is 293 g/mol. The molecule has 2 aromatic rings. The van der Waals surface area contributed by atoms with Crippen molar-refractivity contribution >= 4 is 22.6 Å². The lowest BCUT2D eigenvalue weighted by molar-refractivity contribution is 0.762. The number of anilines is 1. The molecule has 0 aromatic heterocycles. The number of thioether (sulfide) groups is 1. The lowest BCUT2D eigenvalue weighted by atomic mass is 10.1. The fraction of sp³-hybridized carbons (Fsp3) is 0.176. The van der Waals surface area contributed by atoms with Gasteiger partial charge in [-0.15, -0.1) is 0 Å². The Morgan fingerprint density at radius 1 is 1.14 bits per heavy atom. The van der Waals surface area contributed by atoms with E-state index in [1.807, 2.05) is 30.3 Å². The van der Waals surface area contributed by atoms with Gasteiger partial charge in [0.15, 0.2) is 5.17 Å². The third kappa shape index (κ3) is 3.65. The molecule has 0 saturated heterocycles. The fourth-order valence-corrected chi connectivity index (χ4v) is 3.18. The number of nitrogens with zero attached hydrogens (tertiary/aromatic N) is 2. The number of hydrogen-bond acceptors (Lipinski definition) is 4. The zero-order chi connectivity index (χ0) is 14.5. The molecule has 104 valence electrons. The van der Waals surface area contributed by atoms with E-state index >= 15 is 0 Å². The Morgan fingerprint density at radius 3 is 2.62 bits per heavy atom. The summed E-state index contributed by atoms with van der Waals surface area (Å²) >= 11 is 1.75. The predicted molar refractivity (Wildman–Crippen MR) is 88.6 cm³/mol. The summed E-state index contributed by atoms with van der Waals surface area (Å²) in [5.74, 6) is 1.01. The van der Waals surface area contributed by atoms with E-state index in [0.717, 1.165) is 23.0 Å². The second-order valence-corrected chi connectivity index (χ2v) is 5.91. The van der Waals surface area contributed by atoms with Crippen LogP contribution in [0.4, 0.5) is 5.69 Å². The predicted octanol–water partition coefficient (Wildman–Crippen LogP) is 3.68. The largest absolute Gasteiger partial charge is 0.335 e. The van der Waals surface area contributed by atoms with Gasteiger partial charge in [0.05, 0.1) is 17.7 Å². The van der Waals surface area contributed by atoms with Crippen LogP contribution < -0.4 is 5.32 Å². The van der Waals surface area contributed by atoms with E-state index < -0.39 is 0 Å². The molecule has 1 unspecified atom stereocenters. The van der Waals surface area contributed by atoms with Crippen LogP contribution in [-0.2, 0) is 6.42 Å². The number of amidine groups is 1. The summed E-state index contributed by atoms with van der Waals surface area (Å²) in [6.07, 6.45) is 0.979. The van der Waals surface area contributed by atoms with Gasteiger partial charge in [0, 0.05) is 11.4 Å². The van der Waals surface area contributed by atoms with Crippen LogP contribution in [0.25, 0.3) is 0 Å². The first-order valence-electron chi connectivity index (χ1n) is 6.85. The second-order valence-electron chi connectivity index (χ2n) is 4.90. The van der Waals surface area contributed by atoms with Gasteiger partial charge in [-0.1, -0.05) is 42.1 Å². The van der Waals surface area contributed by atoms with E-state index in [0.29, 0.717) is 11.6 Å². The molecule has 4 heteroatoms. The standard InChI is InChI=1S/C17H15N3S/c18-11-14-6-8-15(9-7-14)19-17-20-16(12-21-17)10-13-4-2-1-3-5-13/h1-9,16H,10,12H2,(H,19,20). The first kappa shape index (κ1) is 13.7. The van der Waals surface area contributed by atoms with Crippen LogP contribution in [0.15, 0.2) is 59.6 Å². The summed E-state index contributed by atoms with van der Waals surface area (Å²) in [6.45, 7) is 0. The van der Waals surface area contributed by atoms with Gasteiger partial charge < -0.3 is 5.32 Å². The molecule has 1 atom stereocenters. The molecule has 0 saturated carbocycles. The number of nitriles is 1.